The van der Waals surface area contributed by atoms with Crippen molar-refractivity contribution >= 4 is 78.4 Å². The van der Waals surface area contributed by atoms with Crippen molar-refractivity contribution < 1.29 is 14.4 Å². The summed E-state index contributed by atoms with van der Waals surface area (Å²) in [5.41, 5.74) is 9.42. The molecule has 0 fully saturated rings. The second-order valence-electron chi connectivity index (χ2n) is 19.6. The minimum Gasteiger partial charge on any atom is -0.384 e. The summed E-state index contributed by atoms with van der Waals surface area (Å²) in [6, 6.07) is 57.6. The van der Waals surface area contributed by atoms with Gasteiger partial charge >= 0.3 is 0 Å². The number of halogens is 1. The molecule has 6 heterocycles. The number of nitrogens with two attached hydrogens (primary N) is 1. The van der Waals surface area contributed by atoms with Crippen LogP contribution in [0.15, 0.2) is 201 Å². The number of nitrogen functional groups attached to an aromatic ring is 1. The first-order valence-corrected chi connectivity index (χ1v) is 26.7. The normalized spacial score (nSPS) is 10.6. The van der Waals surface area contributed by atoms with Crippen molar-refractivity contribution in [3.8, 4) is 34.6 Å². The van der Waals surface area contributed by atoms with E-state index in [1.165, 1.54) is 0 Å². The Kier molecular flexibility index (Phi) is 20.7. The second-order valence-corrected chi connectivity index (χ2v) is 19.9. The zero-order valence-electron chi connectivity index (χ0n) is 45.8. The number of carbonyl (C=O) groups excluding carboxylic acids is 3. The van der Waals surface area contributed by atoms with E-state index in [1.54, 1.807) is 49.3 Å². The fourth-order valence-electron chi connectivity index (χ4n) is 8.60. The maximum Gasteiger partial charge on any atom is 0.256 e. The lowest BCUT2D eigenvalue weighted by molar-refractivity contribution is 0.101. The summed E-state index contributed by atoms with van der Waals surface area (Å²) in [7, 11) is 0. The van der Waals surface area contributed by atoms with Crippen LogP contribution in [0.1, 0.15) is 106 Å². The molecule has 0 saturated heterocycles. The predicted molar refractivity (Wildman–Crippen MR) is 337 cm³/mol. The number of benzene rings is 6. The third-order valence-electron chi connectivity index (χ3n) is 12.8. The van der Waals surface area contributed by atoms with Gasteiger partial charge in [0.05, 0.1) is 0 Å². The second kappa shape index (κ2) is 28.4. The highest BCUT2D eigenvalue weighted by molar-refractivity contribution is 6.67. The van der Waals surface area contributed by atoms with Crippen LogP contribution in [0, 0.1) is 0 Å². The molecule has 2 amide bonds. The van der Waals surface area contributed by atoms with E-state index in [0.717, 1.165) is 43.8 Å². The van der Waals surface area contributed by atoms with Gasteiger partial charge < -0.3 is 30.1 Å². The molecule has 19 heteroatoms. The molecule has 0 aliphatic carbocycles. The monoisotopic (exact) mass is 1140 g/mol. The van der Waals surface area contributed by atoms with Crippen LogP contribution >= 0.6 is 11.6 Å². The number of hydrogen-bond donors (Lipinski definition) is 3. The SMILES string of the molecule is C.C.CC(C)n1cnnc1-c1cccc(N)n1.CC(C)n1cnnc1-c1cccc(NC(=O)c2ccc3ccccc3c2)n1.CC(C)n1cnnc1-c1cccc(NC(=O)c2ccc3ccccc3c2)n1.O=C(Cl)c1ccc2ccccc2c1. The van der Waals surface area contributed by atoms with Crippen LogP contribution in [0.4, 0.5) is 17.5 Å². The smallest absolute Gasteiger partial charge is 0.256 e. The summed E-state index contributed by atoms with van der Waals surface area (Å²) in [5, 5.41) is 35.9. The lowest BCUT2D eigenvalue weighted by Crippen LogP contribution is -2.13. The standard InChI is InChI=1S/2C21H19N5O.C11H7ClO.C10H13N5.2CH4/c2*1-14(2)26-13-22-25-20(26)18-8-5-9-19(23-18)24-21(27)17-11-10-15-6-3-4-7-16(15)12-17;12-11(13)10-6-5-8-3-1-2-4-9(8)7-10;1-7(2)15-6-12-14-10(15)8-4-3-5-9(11)13-8;;/h2*3-14H,1-2H3,(H,23,24,27);1-7H;3-7H,1-2H3,(H2,11,13);2*1H4. The molecule has 12 aromatic rings. The summed E-state index contributed by atoms with van der Waals surface area (Å²) < 4.78 is 5.84. The van der Waals surface area contributed by atoms with Crippen LogP contribution in [0.3, 0.4) is 0 Å². The minimum absolute atomic E-state index is 0. The van der Waals surface area contributed by atoms with Gasteiger partial charge in [-0.2, -0.15) is 0 Å². The van der Waals surface area contributed by atoms with Crippen LogP contribution < -0.4 is 16.4 Å². The minimum atomic E-state index is -0.411. The largest absolute Gasteiger partial charge is 0.384 e. The molecule has 0 atom stereocenters. The van der Waals surface area contributed by atoms with E-state index in [2.05, 4.69) is 97.7 Å². The number of rotatable bonds is 11. The van der Waals surface area contributed by atoms with Crippen LogP contribution in [-0.2, 0) is 0 Å². The van der Waals surface area contributed by atoms with Gasteiger partial charge in [0.15, 0.2) is 17.5 Å². The quantitative estimate of drug-likeness (QED) is 0.102. The van der Waals surface area contributed by atoms with E-state index >= 15 is 0 Å². The van der Waals surface area contributed by atoms with E-state index in [0.29, 0.717) is 63.2 Å². The number of pyridine rings is 3. The molecule has 18 nitrogen and oxygen atoms in total. The third-order valence-corrected chi connectivity index (χ3v) is 13.0. The lowest BCUT2D eigenvalue weighted by atomic mass is 10.1. The number of nitrogens with one attached hydrogen (secondary N) is 2. The molecule has 0 saturated carbocycles. The number of anilines is 3. The summed E-state index contributed by atoms with van der Waals surface area (Å²) in [6.07, 6.45) is 5.06. The number of amides is 2. The molecule has 0 spiro atoms. The van der Waals surface area contributed by atoms with E-state index in [9.17, 15) is 14.4 Å². The molecule has 0 unspecified atom stereocenters. The van der Waals surface area contributed by atoms with Crippen LogP contribution in [-0.4, -0.2) is 76.3 Å². The summed E-state index contributed by atoms with van der Waals surface area (Å²) in [5.74, 6) is 3.14. The van der Waals surface area contributed by atoms with E-state index in [1.807, 2.05) is 165 Å². The van der Waals surface area contributed by atoms with Gasteiger partial charge in [0.1, 0.15) is 53.5 Å². The van der Waals surface area contributed by atoms with Gasteiger partial charge in [0.2, 0.25) is 0 Å². The van der Waals surface area contributed by atoms with Crippen molar-refractivity contribution in [2.45, 2.75) is 74.5 Å². The Morgan fingerprint density at radius 3 is 1.07 bits per heavy atom. The fraction of sp³-hybridized carbons (Fsp3) is 0.169. The van der Waals surface area contributed by atoms with Gasteiger partial charge in [0, 0.05) is 34.8 Å². The molecular formula is C65H66ClN15O3. The van der Waals surface area contributed by atoms with Crippen molar-refractivity contribution in [2.24, 2.45) is 0 Å². The molecule has 0 aliphatic heterocycles. The van der Waals surface area contributed by atoms with Crippen molar-refractivity contribution in [2.75, 3.05) is 16.4 Å². The highest BCUT2D eigenvalue weighted by Crippen LogP contribution is 2.25. The molecule has 0 bridgehead atoms. The highest BCUT2D eigenvalue weighted by atomic mass is 35.5. The van der Waals surface area contributed by atoms with Crippen molar-refractivity contribution in [3.05, 3.63) is 218 Å². The number of hydrogen-bond acceptors (Lipinski definition) is 13. The Morgan fingerprint density at radius 2 is 0.726 bits per heavy atom. The first-order valence-electron chi connectivity index (χ1n) is 26.3. The fourth-order valence-corrected chi connectivity index (χ4v) is 8.71. The predicted octanol–water partition coefficient (Wildman–Crippen LogP) is 14.6. The van der Waals surface area contributed by atoms with E-state index in [4.69, 9.17) is 17.3 Å². The third kappa shape index (κ3) is 15.2. The average Bonchev–Trinajstić information content (AvgIpc) is 4.18. The van der Waals surface area contributed by atoms with E-state index in [-0.39, 0.29) is 38.8 Å². The summed E-state index contributed by atoms with van der Waals surface area (Å²) >= 11 is 5.36. The van der Waals surface area contributed by atoms with Gasteiger partial charge in [-0.05, 0) is 158 Å². The number of aromatic nitrogens is 12. The van der Waals surface area contributed by atoms with E-state index < -0.39 is 5.24 Å². The number of carbonyl (C=O) groups is 3. The van der Waals surface area contributed by atoms with Crippen molar-refractivity contribution in [3.63, 3.8) is 0 Å². The molecule has 6 aromatic heterocycles. The van der Waals surface area contributed by atoms with Gasteiger partial charge in [0.25, 0.3) is 17.1 Å². The first-order chi connectivity index (χ1) is 39.7. The lowest BCUT2D eigenvalue weighted by Gasteiger charge is -2.11. The molecule has 84 heavy (non-hydrogen) atoms. The molecule has 0 aliphatic rings. The van der Waals surface area contributed by atoms with Gasteiger partial charge in [-0.1, -0.05) is 124 Å². The molecule has 12 rings (SSSR count). The molecule has 0 radical (unpaired) electrons. The Hall–Kier alpha value is -10.3. The number of nitrogens with zero attached hydrogens (tertiary/aromatic N) is 12. The zero-order valence-corrected chi connectivity index (χ0v) is 46.6. The van der Waals surface area contributed by atoms with Gasteiger partial charge in [-0.15, -0.1) is 30.6 Å². The first kappa shape index (κ1) is 61.3. The molecule has 426 valence electrons. The van der Waals surface area contributed by atoms with Gasteiger partial charge in [-0.25, -0.2) is 15.0 Å². The van der Waals surface area contributed by atoms with Crippen LogP contribution in [0.25, 0.3) is 66.9 Å². The Balaban J connectivity index is 0.000000167. The molecular weight excluding hydrogens is 1070 g/mol. The zero-order chi connectivity index (χ0) is 57.7. The number of fused-ring (bicyclic) bond motifs is 3. The molecule has 4 N–H and O–H groups in total. The van der Waals surface area contributed by atoms with Crippen molar-refractivity contribution in [1.29, 1.82) is 0 Å². The maximum absolute atomic E-state index is 12.6. The van der Waals surface area contributed by atoms with Crippen LogP contribution in [0.2, 0.25) is 0 Å². The Morgan fingerprint density at radius 1 is 0.405 bits per heavy atom. The Bertz CT molecular complexity index is 4010. The summed E-state index contributed by atoms with van der Waals surface area (Å²) in [4.78, 5) is 49.4. The highest BCUT2D eigenvalue weighted by Gasteiger charge is 2.16. The Labute approximate surface area is 492 Å². The van der Waals surface area contributed by atoms with Crippen molar-refractivity contribution in [1.82, 2.24) is 59.2 Å². The van der Waals surface area contributed by atoms with Crippen LogP contribution in [0.5, 0.6) is 0 Å². The summed E-state index contributed by atoms with van der Waals surface area (Å²) in [6.45, 7) is 12.4. The van der Waals surface area contributed by atoms with Gasteiger partial charge in [-0.3, -0.25) is 14.4 Å². The topological polar surface area (TPSA) is 232 Å². The molecule has 6 aromatic carbocycles. The maximum atomic E-state index is 12.6. The average molecular weight is 1140 g/mol.